The van der Waals surface area contributed by atoms with Gasteiger partial charge in [0.05, 0.1) is 11.9 Å². The molecule has 0 amide bonds. The minimum atomic E-state index is 0.0262. The van der Waals surface area contributed by atoms with Gasteiger partial charge in [-0.05, 0) is 11.5 Å². The minimum absolute atomic E-state index is 0.0262. The highest BCUT2D eigenvalue weighted by atomic mass is 16.5. The Morgan fingerprint density at radius 2 is 1.78 bits per heavy atom. The summed E-state index contributed by atoms with van der Waals surface area (Å²) in [6, 6.07) is 9.78. The van der Waals surface area contributed by atoms with E-state index in [2.05, 4.69) is 31.8 Å². The normalized spacial score (nSPS) is 11.3. The van der Waals surface area contributed by atoms with E-state index in [0.717, 1.165) is 11.3 Å². The Labute approximate surface area is 108 Å². The molecule has 0 unspecified atom stereocenters. The van der Waals surface area contributed by atoms with Crippen LogP contribution in [-0.4, -0.2) is 4.98 Å². The number of ether oxygens (including phenoxy) is 1. The van der Waals surface area contributed by atoms with Gasteiger partial charge in [-0.1, -0.05) is 39.0 Å². The third kappa shape index (κ3) is 2.62. The van der Waals surface area contributed by atoms with Crippen LogP contribution in [0.3, 0.4) is 0 Å². The van der Waals surface area contributed by atoms with Gasteiger partial charge in [-0.25, -0.2) is 0 Å². The lowest BCUT2D eigenvalue weighted by atomic mass is 9.86. The van der Waals surface area contributed by atoms with Gasteiger partial charge in [0.1, 0.15) is 5.75 Å². The van der Waals surface area contributed by atoms with E-state index in [1.54, 1.807) is 18.5 Å². The molecule has 1 aromatic heterocycles. The summed E-state index contributed by atoms with van der Waals surface area (Å²) in [5.74, 6) is 1.48. The maximum Gasteiger partial charge on any atom is 0.153 e. The third-order valence-corrected chi connectivity index (χ3v) is 2.73. The Morgan fingerprint density at radius 1 is 1.06 bits per heavy atom. The van der Waals surface area contributed by atoms with Gasteiger partial charge in [0.2, 0.25) is 0 Å². The molecule has 3 heteroatoms. The third-order valence-electron chi connectivity index (χ3n) is 2.73. The molecule has 0 radical (unpaired) electrons. The standard InChI is InChI=1S/C15H18N2O/c1-15(2,3)11-6-4-5-7-13(11)18-14-8-9-17-10-12(14)16/h4-10H,16H2,1-3H3. The van der Waals surface area contributed by atoms with Gasteiger partial charge in [0, 0.05) is 17.8 Å². The van der Waals surface area contributed by atoms with Gasteiger partial charge in [0.15, 0.2) is 5.75 Å². The van der Waals surface area contributed by atoms with Gasteiger partial charge in [-0.15, -0.1) is 0 Å². The molecule has 0 aliphatic carbocycles. The zero-order chi connectivity index (χ0) is 13.2. The fourth-order valence-corrected chi connectivity index (χ4v) is 1.78. The number of para-hydroxylation sites is 1. The van der Waals surface area contributed by atoms with Crippen molar-refractivity contribution in [3.63, 3.8) is 0 Å². The molecule has 18 heavy (non-hydrogen) atoms. The van der Waals surface area contributed by atoms with Crippen LogP contribution in [0.2, 0.25) is 0 Å². The van der Waals surface area contributed by atoms with E-state index in [0.29, 0.717) is 11.4 Å². The Bertz CT molecular complexity index is 544. The van der Waals surface area contributed by atoms with E-state index in [1.165, 1.54) is 0 Å². The van der Waals surface area contributed by atoms with Gasteiger partial charge in [-0.2, -0.15) is 0 Å². The molecule has 0 bridgehead atoms. The van der Waals surface area contributed by atoms with E-state index in [1.807, 2.05) is 18.2 Å². The van der Waals surface area contributed by atoms with Crippen LogP contribution in [0.25, 0.3) is 0 Å². The Kier molecular flexibility index (Phi) is 3.24. The van der Waals surface area contributed by atoms with E-state index in [-0.39, 0.29) is 5.41 Å². The predicted molar refractivity (Wildman–Crippen MR) is 73.9 cm³/mol. The zero-order valence-corrected chi connectivity index (χ0v) is 11.0. The molecule has 1 heterocycles. The summed E-state index contributed by atoms with van der Waals surface area (Å²) in [6.07, 6.45) is 3.26. The number of rotatable bonds is 2. The molecule has 2 N–H and O–H groups in total. The zero-order valence-electron chi connectivity index (χ0n) is 11.0. The first-order valence-electron chi connectivity index (χ1n) is 5.95. The van der Waals surface area contributed by atoms with E-state index < -0.39 is 0 Å². The van der Waals surface area contributed by atoms with E-state index in [4.69, 9.17) is 10.5 Å². The summed E-state index contributed by atoms with van der Waals surface area (Å²) >= 11 is 0. The highest BCUT2D eigenvalue weighted by Crippen LogP contribution is 2.35. The van der Waals surface area contributed by atoms with Gasteiger partial charge in [0.25, 0.3) is 0 Å². The Hall–Kier alpha value is -2.03. The SMILES string of the molecule is CC(C)(C)c1ccccc1Oc1ccncc1N. The first-order chi connectivity index (χ1) is 8.48. The van der Waals surface area contributed by atoms with Crippen molar-refractivity contribution in [3.8, 4) is 11.5 Å². The topological polar surface area (TPSA) is 48.1 Å². The number of nitrogens with zero attached hydrogens (tertiary/aromatic N) is 1. The highest BCUT2D eigenvalue weighted by molar-refractivity contribution is 5.52. The summed E-state index contributed by atoms with van der Waals surface area (Å²) in [7, 11) is 0. The van der Waals surface area contributed by atoms with Crippen LogP contribution in [0.15, 0.2) is 42.7 Å². The maximum absolute atomic E-state index is 5.90. The largest absolute Gasteiger partial charge is 0.455 e. The summed E-state index contributed by atoms with van der Waals surface area (Å²) in [4.78, 5) is 3.95. The van der Waals surface area contributed by atoms with Crippen molar-refractivity contribution >= 4 is 5.69 Å². The minimum Gasteiger partial charge on any atom is -0.455 e. The van der Waals surface area contributed by atoms with Crippen LogP contribution in [-0.2, 0) is 5.41 Å². The molecule has 0 atom stereocenters. The molecular weight excluding hydrogens is 224 g/mol. The summed E-state index contributed by atoms with van der Waals surface area (Å²) in [5, 5.41) is 0. The second-order valence-corrected chi connectivity index (χ2v) is 5.26. The molecule has 0 aliphatic rings. The summed E-state index contributed by atoms with van der Waals surface area (Å²) < 4.78 is 5.90. The predicted octanol–water partition coefficient (Wildman–Crippen LogP) is 3.75. The smallest absolute Gasteiger partial charge is 0.153 e. The van der Waals surface area contributed by atoms with Crippen LogP contribution >= 0.6 is 0 Å². The monoisotopic (exact) mass is 242 g/mol. The number of hydrogen-bond acceptors (Lipinski definition) is 3. The summed E-state index contributed by atoms with van der Waals surface area (Å²) in [6.45, 7) is 6.47. The first-order valence-corrected chi connectivity index (χ1v) is 5.95. The number of aromatic nitrogens is 1. The van der Waals surface area contributed by atoms with Crippen molar-refractivity contribution in [2.24, 2.45) is 0 Å². The number of benzene rings is 1. The lowest BCUT2D eigenvalue weighted by molar-refractivity contribution is 0.457. The lowest BCUT2D eigenvalue weighted by Gasteiger charge is -2.22. The average Bonchev–Trinajstić information content (AvgIpc) is 2.31. The molecule has 0 fully saturated rings. The average molecular weight is 242 g/mol. The molecule has 1 aromatic carbocycles. The quantitative estimate of drug-likeness (QED) is 0.872. The fourth-order valence-electron chi connectivity index (χ4n) is 1.78. The molecule has 0 aliphatic heterocycles. The number of hydrogen-bond donors (Lipinski definition) is 1. The molecule has 0 spiro atoms. The van der Waals surface area contributed by atoms with Gasteiger partial charge in [-0.3, -0.25) is 4.98 Å². The van der Waals surface area contributed by atoms with Gasteiger partial charge < -0.3 is 10.5 Å². The first kappa shape index (κ1) is 12.4. The summed E-state index contributed by atoms with van der Waals surface area (Å²) in [5.41, 5.74) is 7.56. The molecule has 0 saturated carbocycles. The maximum atomic E-state index is 5.90. The van der Waals surface area contributed by atoms with Crippen molar-refractivity contribution in [1.82, 2.24) is 4.98 Å². The van der Waals surface area contributed by atoms with Gasteiger partial charge >= 0.3 is 0 Å². The van der Waals surface area contributed by atoms with Crippen molar-refractivity contribution < 1.29 is 4.74 Å². The second kappa shape index (κ2) is 4.69. The van der Waals surface area contributed by atoms with Crippen LogP contribution < -0.4 is 10.5 Å². The van der Waals surface area contributed by atoms with Crippen LogP contribution in [0, 0.1) is 0 Å². The number of anilines is 1. The number of nitrogens with two attached hydrogens (primary N) is 1. The number of pyridine rings is 1. The van der Waals surface area contributed by atoms with Crippen LogP contribution in [0.5, 0.6) is 11.5 Å². The molecular formula is C15H18N2O. The van der Waals surface area contributed by atoms with Crippen molar-refractivity contribution in [1.29, 1.82) is 0 Å². The number of nitrogen functional groups attached to an aromatic ring is 1. The molecule has 2 aromatic rings. The van der Waals surface area contributed by atoms with Crippen molar-refractivity contribution in [2.75, 3.05) is 5.73 Å². The molecule has 3 nitrogen and oxygen atoms in total. The van der Waals surface area contributed by atoms with Crippen molar-refractivity contribution in [3.05, 3.63) is 48.3 Å². The molecule has 2 rings (SSSR count). The Morgan fingerprint density at radius 3 is 2.44 bits per heavy atom. The highest BCUT2D eigenvalue weighted by Gasteiger charge is 2.19. The fraction of sp³-hybridized carbons (Fsp3) is 0.267. The molecule has 0 saturated heterocycles. The van der Waals surface area contributed by atoms with Crippen molar-refractivity contribution in [2.45, 2.75) is 26.2 Å². The second-order valence-electron chi connectivity index (χ2n) is 5.26. The van der Waals surface area contributed by atoms with E-state index in [9.17, 15) is 0 Å². The molecule has 94 valence electrons. The lowest BCUT2D eigenvalue weighted by Crippen LogP contribution is -2.12. The van der Waals surface area contributed by atoms with E-state index >= 15 is 0 Å². The van der Waals surface area contributed by atoms with Crippen LogP contribution in [0.4, 0.5) is 5.69 Å². The Balaban J connectivity index is 2.39. The van der Waals surface area contributed by atoms with Crippen LogP contribution in [0.1, 0.15) is 26.3 Å².